The summed E-state index contributed by atoms with van der Waals surface area (Å²) >= 11 is 0. The van der Waals surface area contributed by atoms with Gasteiger partial charge in [-0.25, -0.2) is 0 Å². The first kappa shape index (κ1) is 9.93. The lowest BCUT2D eigenvalue weighted by Crippen LogP contribution is -2.60. The van der Waals surface area contributed by atoms with E-state index in [0.29, 0.717) is 5.92 Å². The lowest BCUT2D eigenvalue weighted by molar-refractivity contribution is -0.139. The van der Waals surface area contributed by atoms with E-state index in [1.807, 2.05) is 0 Å². The Kier molecular flexibility index (Phi) is 2.49. The number of piperidine rings is 2. The zero-order valence-corrected chi connectivity index (χ0v) is 8.41. The molecule has 3 atom stereocenters. The molecule has 2 heterocycles. The predicted molar refractivity (Wildman–Crippen MR) is 53.0 cm³/mol. The summed E-state index contributed by atoms with van der Waals surface area (Å²) in [6, 6.07) is 0. The predicted octanol–water partition coefficient (Wildman–Crippen LogP) is 0.274. The highest BCUT2D eigenvalue weighted by molar-refractivity contribution is 5.68. The fraction of sp³-hybridized carbons (Fsp3) is 0.900. The topological polar surface area (TPSA) is 66.6 Å². The summed E-state index contributed by atoms with van der Waals surface area (Å²) in [5.74, 6) is -0.368. The molecule has 2 fully saturated rings. The van der Waals surface area contributed by atoms with Crippen LogP contribution in [0.5, 0.6) is 0 Å². The molecule has 3 unspecified atom stereocenters. The second-order valence-corrected chi connectivity index (χ2v) is 4.69. The largest absolute Gasteiger partial charge is 0.481 e. The van der Waals surface area contributed by atoms with Crippen LogP contribution in [0.1, 0.15) is 25.7 Å². The molecule has 4 heteroatoms. The monoisotopic (exact) mass is 198 g/mol. The summed E-state index contributed by atoms with van der Waals surface area (Å²) in [7, 11) is 0. The second-order valence-electron chi connectivity index (χ2n) is 4.69. The SMILES string of the molecule is NC1(CC(=O)O)CCN2CCCC1C2. The highest BCUT2D eigenvalue weighted by Crippen LogP contribution is 2.35. The molecule has 4 nitrogen and oxygen atoms in total. The maximum Gasteiger partial charge on any atom is 0.305 e. The van der Waals surface area contributed by atoms with Crippen molar-refractivity contribution in [2.75, 3.05) is 19.6 Å². The van der Waals surface area contributed by atoms with Crippen LogP contribution in [-0.4, -0.2) is 41.1 Å². The van der Waals surface area contributed by atoms with Gasteiger partial charge in [-0.2, -0.15) is 0 Å². The third kappa shape index (κ3) is 1.77. The number of carboxylic acids is 1. The Hall–Kier alpha value is -0.610. The number of nitrogens with two attached hydrogens (primary N) is 1. The Morgan fingerprint density at radius 1 is 1.57 bits per heavy atom. The first-order chi connectivity index (χ1) is 6.60. The van der Waals surface area contributed by atoms with Crippen LogP contribution in [0, 0.1) is 5.92 Å². The first-order valence-electron chi connectivity index (χ1n) is 5.33. The van der Waals surface area contributed by atoms with E-state index in [-0.39, 0.29) is 6.42 Å². The standard InChI is InChI=1S/C10H18N2O2/c11-10(6-9(13)14)3-5-12-4-1-2-8(10)7-12/h8H,1-7,11H2,(H,13,14). The number of nitrogens with zero attached hydrogens (tertiary/aromatic N) is 1. The molecule has 0 saturated carbocycles. The Bertz CT molecular complexity index is 244. The number of rotatable bonds is 2. The van der Waals surface area contributed by atoms with E-state index in [0.717, 1.165) is 25.9 Å². The van der Waals surface area contributed by atoms with Crippen LogP contribution in [0.2, 0.25) is 0 Å². The van der Waals surface area contributed by atoms with Crippen molar-refractivity contribution in [3.8, 4) is 0 Å². The molecule has 0 spiro atoms. The summed E-state index contributed by atoms with van der Waals surface area (Å²) in [6.07, 6.45) is 3.24. The number of carboxylic acid groups (broad SMARTS) is 1. The van der Waals surface area contributed by atoms with Crippen molar-refractivity contribution in [1.29, 1.82) is 0 Å². The van der Waals surface area contributed by atoms with Crippen LogP contribution in [0.25, 0.3) is 0 Å². The van der Waals surface area contributed by atoms with Crippen molar-refractivity contribution in [1.82, 2.24) is 4.90 Å². The highest BCUT2D eigenvalue weighted by Gasteiger charge is 2.42. The fourth-order valence-corrected chi connectivity index (χ4v) is 2.81. The first-order valence-corrected chi connectivity index (χ1v) is 5.33. The van der Waals surface area contributed by atoms with Gasteiger partial charge in [0, 0.05) is 12.1 Å². The van der Waals surface area contributed by atoms with Crippen molar-refractivity contribution in [3.05, 3.63) is 0 Å². The molecule has 2 aliphatic heterocycles. The molecule has 2 bridgehead atoms. The van der Waals surface area contributed by atoms with Crippen LogP contribution in [-0.2, 0) is 4.79 Å². The van der Waals surface area contributed by atoms with E-state index in [9.17, 15) is 4.79 Å². The minimum atomic E-state index is -0.758. The van der Waals surface area contributed by atoms with E-state index in [1.165, 1.54) is 13.0 Å². The molecule has 2 rings (SSSR count). The minimum Gasteiger partial charge on any atom is -0.481 e. The van der Waals surface area contributed by atoms with Crippen molar-refractivity contribution in [2.24, 2.45) is 11.7 Å². The van der Waals surface area contributed by atoms with E-state index in [2.05, 4.69) is 4.90 Å². The molecule has 0 aliphatic carbocycles. The third-order valence-electron chi connectivity index (χ3n) is 3.69. The van der Waals surface area contributed by atoms with Gasteiger partial charge in [0.2, 0.25) is 0 Å². The van der Waals surface area contributed by atoms with Crippen LogP contribution in [0.4, 0.5) is 0 Å². The summed E-state index contributed by atoms with van der Waals surface area (Å²) in [5.41, 5.74) is 5.76. The molecule has 14 heavy (non-hydrogen) atoms. The molecule has 3 N–H and O–H groups in total. The normalized spacial score (nSPS) is 42.1. The van der Waals surface area contributed by atoms with Crippen molar-refractivity contribution in [2.45, 2.75) is 31.2 Å². The number of aliphatic carboxylic acids is 1. The summed E-state index contributed by atoms with van der Waals surface area (Å²) < 4.78 is 0. The van der Waals surface area contributed by atoms with E-state index >= 15 is 0 Å². The molecule has 80 valence electrons. The van der Waals surface area contributed by atoms with Gasteiger partial charge in [-0.05, 0) is 38.3 Å². The van der Waals surface area contributed by atoms with Gasteiger partial charge in [0.05, 0.1) is 6.42 Å². The van der Waals surface area contributed by atoms with E-state index in [4.69, 9.17) is 10.8 Å². The Labute approximate surface area is 84.1 Å². The Morgan fingerprint density at radius 2 is 2.36 bits per heavy atom. The number of hydrogen-bond donors (Lipinski definition) is 2. The maximum atomic E-state index is 10.7. The molecule has 2 saturated heterocycles. The van der Waals surface area contributed by atoms with Crippen LogP contribution >= 0.6 is 0 Å². The molecule has 2 aliphatic rings. The average Bonchev–Trinajstić information content (AvgIpc) is 2.13. The molecule has 0 amide bonds. The number of fused-ring (bicyclic) bond motifs is 2. The van der Waals surface area contributed by atoms with Gasteiger partial charge >= 0.3 is 5.97 Å². The van der Waals surface area contributed by atoms with Gasteiger partial charge in [0.1, 0.15) is 0 Å². The lowest BCUT2D eigenvalue weighted by atomic mass is 9.72. The van der Waals surface area contributed by atoms with Crippen molar-refractivity contribution in [3.63, 3.8) is 0 Å². The van der Waals surface area contributed by atoms with Crippen molar-refractivity contribution >= 4 is 5.97 Å². The summed E-state index contributed by atoms with van der Waals surface area (Å²) in [5, 5.41) is 8.83. The maximum absolute atomic E-state index is 10.7. The Morgan fingerprint density at radius 3 is 3.07 bits per heavy atom. The van der Waals surface area contributed by atoms with Crippen LogP contribution in [0.3, 0.4) is 0 Å². The van der Waals surface area contributed by atoms with Gasteiger partial charge in [0.15, 0.2) is 0 Å². The smallest absolute Gasteiger partial charge is 0.305 e. The highest BCUT2D eigenvalue weighted by atomic mass is 16.4. The van der Waals surface area contributed by atoms with E-state index < -0.39 is 11.5 Å². The zero-order chi connectivity index (χ0) is 10.2. The quantitative estimate of drug-likeness (QED) is 0.668. The zero-order valence-electron chi connectivity index (χ0n) is 8.41. The molecule has 0 aromatic heterocycles. The minimum absolute atomic E-state index is 0.130. The van der Waals surface area contributed by atoms with E-state index in [1.54, 1.807) is 0 Å². The molecular formula is C10H18N2O2. The third-order valence-corrected chi connectivity index (χ3v) is 3.69. The fourth-order valence-electron chi connectivity index (χ4n) is 2.81. The molecule has 0 aromatic carbocycles. The summed E-state index contributed by atoms with van der Waals surface area (Å²) in [4.78, 5) is 13.1. The van der Waals surface area contributed by atoms with Gasteiger partial charge in [-0.1, -0.05) is 0 Å². The van der Waals surface area contributed by atoms with Gasteiger partial charge in [0.25, 0.3) is 0 Å². The van der Waals surface area contributed by atoms with Gasteiger partial charge < -0.3 is 15.7 Å². The van der Waals surface area contributed by atoms with Gasteiger partial charge in [-0.3, -0.25) is 4.79 Å². The second kappa shape index (κ2) is 3.51. The number of hydrogen-bond acceptors (Lipinski definition) is 3. The van der Waals surface area contributed by atoms with Crippen LogP contribution in [0.15, 0.2) is 0 Å². The number of carbonyl (C=O) groups is 1. The van der Waals surface area contributed by atoms with Crippen LogP contribution < -0.4 is 5.73 Å². The summed E-state index contributed by atoms with van der Waals surface area (Å²) in [6.45, 7) is 3.14. The molecule has 0 radical (unpaired) electrons. The molecular weight excluding hydrogens is 180 g/mol. The Balaban J connectivity index is 2.07. The van der Waals surface area contributed by atoms with Crippen molar-refractivity contribution < 1.29 is 9.90 Å². The lowest BCUT2D eigenvalue weighted by Gasteiger charge is -2.48. The van der Waals surface area contributed by atoms with Gasteiger partial charge in [-0.15, -0.1) is 0 Å². The molecule has 0 aromatic rings. The average molecular weight is 198 g/mol.